The van der Waals surface area contributed by atoms with Crippen molar-refractivity contribution in [3.8, 4) is 11.6 Å². The quantitative estimate of drug-likeness (QED) is 0.331. The van der Waals surface area contributed by atoms with Crippen LogP contribution >= 0.6 is 0 Å². The van der Waals surface area contributed by atoms with Crippen LogP contribution in [0.3, 0.4) is 0 Å². The van der Waals surface area contributed by atoms with Crippen LogP contribution in [-0.4, -0.2) is 51.9 Å². The Morgan fingerprint density at radius 2 is 1.72 bits per heavy atom. The number of aromatic nitrogens is 2. The minimum absolute atomic E-state index is 0.212. The number of hydrogen-bond donors (Lipinski definition) is 0. The van der Waals surface area contributed by atoms with E-state index in [-0.39, 0.29) is 5.69 Å². The van der Waals surface area contributed by atoms with Gasteiger partial charge in [-0.15, -0.1) is 0 Å². The number of carbonyl (C=O) groups excluding carboxylic acids is 4. The molecule has 0 spiro atoms. The molecule has 3 aromatic rings. The predicted octanol–water partition coefficient (Wildman–Crippen LogP) is 2.58. The van der Waals surface area contributed by atoms with Gasteiger partial charge in [0.05, 0.1) is 19.3 Å². The molecule has 0 atom stereocenters. The molecule has 3 heterocycles. The lowest BCUT2D eigenvalue weighted by atomic mass is 10.1. The summed E-state index contributed by atoms with van der Waals surface area (Å²) in [7, 11) is 1.48. The van der Waals surface area contributed by atoms with Crippen LogP contribution in [0.1, 0.15) is 27.5 Å². The highest BCUT2D eigenvalue weighted by atomic mass is 16.5. The van der Waals surface area contributed by atoms with Crippen molar-refractivity contribution in [2.45, 2.75) is 20.8 Å². The molecule has 0 aliphatic carbocycles. The summed E-state index contributed by atoms with van der Waals surface area (Å²) in [5, 5.41) is 3.97. The zero-order valence-electron chi connectivity index (χ0n) is 17.9. The second-order valence-corrected chi connectivity index (χ2v) is 7.35. The Labute approximate surface area is 182 Å². The standard InChI is InChI=1S/C22H20N4O6/c1-12-9-17(14(3)25(12)19-10-13(2)32-23-19)18(27)11-24-20(28)21(29)26(22(24)30)15-5-7-16(31-4)8-6-15/h5-10H,11H2,1-4H3. The highest BCUT2D eigenvalue weighted by Gasteiger charge is 2.46. The number of hydrogen-bond acceptors (Lipinski definition) is 7. The van der Waals surface area contributed by atoms with Crippen molar-refractivity contribution >= 4 is 29.3 Å². The lowest BCUT2D eigenvalue weighted by molar-refractivity contribution is -0.139. The largest absolute Gasteiger partial charge is 0.497 e. The van der Waals surface area contributed by atoms with E-state index in [4.69, 9.17) is 9.26 Å². The van der Waals surface area contributed by atoms with Crippen LogP contribution in [0.2, 0.25) is 0 Å². The first-order chi connectivity index (χ1) is 15.2. The summed E-state index contributed by atoms with van der Waals surface area (Å²) in [6.07, 6.45) is 0. The third kappa shape index (κ3) is 3.35. The van der Waals surface area contributed by atoms with Gasteiger partial charge in [-0.25, -0.2) is 14.6 Å². The van der Waals surface area contributed by atoms with Crippen LogP contribution in [0.4, 0.5) is 10.5 Å². The second-order valence-electron chi connectivity index (χ2n) is 7.35. The van der Waals surface area contributed by atoms with Crippen molar-refractivity contribution in [2.75, 3.05) is 18.6 Å². The summed E-state index contributed by atoms with van der Waals surface area (Å²) < 4.78 is 11.9. The maximum absolute atomic E-state index is 13.0. The van der Waals surface area contributed by atoms with Gasteiger partial charge in [-0.2, -0.15) is 0 Å². The number of benzene rings is 1. The average molecular weight is 436 g/mol. The van der Waals surface area contributed by atoms with E-state index in [1.807, 2.05) is 0 Å². The van der Waals surface area contributed by atoms with Crippen molar-refractivity contribution in [1.82, 2.24) is 14.6 Å². The van der Waals surface area contributed by atoms with E-state index in [1.165, 1.54) is 19.2 Å². The van der Waals surface area contributed by atoms with Crippen LogP contribution in [0.15, 0.2) is 40.9 Å². The van der Waals surface area contributed by atoms with Gasteiger partial charge in [0.25, 0.3) is 0 Å². The van der Waals surface area contributed by atoms with E-state index in [2.05, 4.69) is 5.16 Å². The lowest BCUT2D eigenvalue weighted by Crippen LogP contribution is -2.37. The molecule has 10 heteroatoms. The Morgan fingerprint density at radius 1 is 1.03 bits per heavy atom. The number of ether oxygens (including phenoxy) is 1. The highest BCUT2D eigenvalue weighted by Crippen LogP contribution is 2.26. The number of rotatable bonds is 6. The van der Waals surface area contributed by atoms with Gasteiger partial charge in [-0.3, -0.25) is 19.0 Å². The van der Waals surface area contributed by atoms with Gasteiger partial charge in [0.1, 0.15) is 11.5 Å². The molecule has 4 rings (SSSR count). The fraction of sp³-hybridized carbons (Fsp3) is 0.227. The maximum Gasteiger partial charge on any atom is 0.339 e. The first kappa shape index (κ1) is 21.0. The Hall–Kier alpha value is -4.21. The molecule has 32 heavy (non-hydrogen) atoms. The van der Waals surface area contributed by atoms with Crippen LogP contribution in [-0.2, 0) is 9.59 Å². The normalized spacial score (nSPS) is 13.9. The molecule has 164 valence electrons. The lowest BCUT2D eigenvalue weighted by Gasteiger charge is -2.15. The number of methoxy groups -OCH3 is 1. The third-order valence-corrected chi connectivity index (χ3v) is 5.26. The van der Waals surface area contributed by atoms with E-state index < -0.39 is 30.2 Å². The zero-order chi connectivity index (χ0) is 23.2. The molecule has 10 nitrogen and oxygen atoms in total. The SMILES string of the molecule is COc1ccc(N2C(=O)C(=O)N(CC(=O)c3cc(C)n(-c4cc(C)on4)c3C)C2=O)cc1. The van der Waals surface area contributed by atoms with Gasteiger partial charge in [0.2, 0.25) is 0 Å². The molecule has 1 aromatic carbocycles. The van der Waals surface area contributed by atoms with Crippen LogP contribution in [0.5, 0.6) is 5.75 Å². The summed E-state index contributed by atoms with van der Waals surface area (Å²) in [4.78, 5) is 52.2. The van der Waals surface area contributed by atoms with Gasteiger partial charge in [-0.1, -0.05) is 5.16 Å². The number of urea groups is 1. The fourth-order valence-electron chi connectivity index (χ4n) is 3.69. The Morgan fingerprint density at radius 3 is 2.31 bits per heavy atom. The number of carbonyl (C=O) groups is 4. The minimum atomic E-state index is -1.06. The second kappa shape index (κ2) is 7.80. The summed E-state index contributed by atoms with van der Waals surface area (Å²) in [6.45, 7) is 4.73. The molecule has 0 N–H and O–H groups in total. The molecule has 1 aliphatic rings. The average Bonchev–Trinajstić information content (AvgIpc) is 3.38. The van der Waals surface area contributed by atoms with Gasteiger partial charge in [-0.05, 0) is 51.1 Å². The van der Waals surface area contributed by atoms with Crippen molar-refractivity contribution in [3.05, 3.63) is 59.1 Å². The first-order valence-corrected chi connectivity index (χ1v) is 9.72. The van der Waals surface area contributed by atoms with Crippen LogP contribution < -0.4 is 9.64 Å². The molecule has 2 aromatic heterocycles. The van der Waals surface area contributed by atoms with Crippen molar-refractivity contribution in [1.29, 1.82) is 0 Å². The number of nitrogens with zero attached hydrogens (tertiary/aromatic N) is 4. The van der Waals surface area contributed by atoms with Gasteiger partial charge in [0, 0.05) is 23.0 Å². The molecular formula is C22H20N4O6. The molecule has 0 radical (unpaired) electrons. The van der Waals surface area contributed by atoms with E-state index in [0.29, 0.717) is 33.5 Å². The Balaban J connectivity index is 1.59. The first-order valence-electron chi connectivity index (χ1n) is 9.72. The Bertz CT molecular complexity index is 1250. The zero-order valence-corrected chi connectivity index (χ0v) is 17.9. The molecule has 0 bridgehead atoms. The Kier molecular flexibility index (Phi) is 5.13. The molecule has 1 fully saturated rings. The molecular weight excluding hydrogens is 416 g/mol. The smallest absolute Gasteiger partial charge is 0.339 e. The predicted molar refractivity (Wildman–Crippen MR) is 112 cm³/mol. The van der Waals surface area contributed by atoms with Gasteiger partial charge in [0.15, 0.2) is 11.6 Å². The minimum Gasteiger partial charge on any atom is -0.497 e. The number of imide groups is 2. The highest BCUT2D eigenvalue weighted by molar-refractivity contribution is 6.53. The molecule has 1 aliphatic heterocycles. The topological polar surface area (TPSA) is 115 Å². The maximum atomic E-state index is 13.0. The molecule has 0 saturated carbocycles. The van der Waals surface area contributed by atoms with E-state index in [9.17, 15) is 19.2 Å². The van der Waals surface area contributed by atoms with Gasteiger partial charge >= 0.3 is 17.8 Å². The third-order valence-electron chi connectivity index (χ3n) is 5.26. The van der Waals surface area contributed by atoms with Crippen LogP contribution in [0, 0.1) is 20.8 Å². The number of Topliss-reactive ketones (excluding diaryl/α,β-unsaturated/α-hetero) is 1. The fourth-order valence-corrected chi connectivity index (χ4v) is 3.69. The van der Waals surface area contributed by atoms with Crippen LogP contribution in [0.25, 0.3) is 5.82 Å². The molecule has 0 unspecified atom stereocenters. The number of aryl methyl sites for hydroxylation is 2. The van der Waals surface area contributed by atoms with Crippen molar-refractivity contribution in [3.63, 3.8) is 0 Å². The summed E-state index contributed by atoms with van der Waals surface area (Å²) >= 11 is 0. The molecule has 1 saturated heterocycles. The number of ketones is 1. The number of amides is 4. The van der Waals surface area contributed by atoms with E-state index in [0.717, 1.165) is 10.6 Å². The summed E-state index contributed by atoms with van der Waals surface area (Å²) in [5.41, 5.74) is 1.84. The summed E-state index contributed by atoms with van der Waals surface area (Å²) in [5.74, 6) is -0.882. The monoisotopic (exact) mass is 436 g/mol. The van der Waals surface area contributed by atoms with Crippen molar-refractivity contribution < 1.29 is 28.4 Å². The van der Waals surface area contributed by atoms with Gasteiger partial charge < -0.3 is 9.26 Å². The van der Waals surface area contributed by atoms with E-state index in [1.54, 1.807) is 49.6 Å². The molecule has 4 amide bonds. The van der Waals surface area contributed by atoms with Crippen molar-refractivity contribution in [2.24, 2.45) is 0 Å². The summed E-state index contributed by atoms with van der Waals surface area (Å²) in [6, 6.07) is 8.60. The number of anilines is 1. The van der Waals surface area contributed by atoms with E-state index >= 15 is 0 Å².